The Hall–Kier alpha value is -1.70. The quantitative estimate of drug-likeness (QED) is 0.548. The van der Waals surface area contributed by atoms with Crippen molar-refractivity contribution in [3.8, 4) is 11.5 Å². The second-order valence-electron chi connectivity index (χ2n) is 8.75. The monoisotopic (exact) mass is 379 g/mol. The third-order valence-corrected chi connectivity index (χ3v) is 7.09. The molecule has 0 bridgehead atoms. The van der Waals surface area contributed by atoms with E-state index in [1.807, 2.05) is 6.07 Å². The van der Waals surface area contributed by atoms with Gasteiger partial charge in [-0.05, 0) is 73.3 Å². The van der Waals surface area contributed by atoms with Crippen LogP contribution < -0.4 is 9.47 Å². The van der Waals surface area contributed by atoms with E-state index >= 15 is 0 Å². The zero-order valence-corrected chi connectivity index (χ0v) is 17.6. The van der Waals surface area contributed by atoms with E-state index in [0.29, 0.717) is 5.92 Å². The summed E-state index contributed by atoms with van der Waals surface area (Å²) in [6.07, 6.45) is 21.3. The van der Waals surface area contributed by atoms with Crippen molar-refractivity contribution in [2.75, 3.05) is 14.2 Å². The predicted molar refractivity (Wildman–Crippen MR) is 115 cm³/mol. The molecule has 3 aliphatic carbocycles. The van der Waals surface area contributed by atoms with E-state index in [4.69, 9.17) is 9.47 Å². The smallest absolute Gasteiger partial charge is 0.126 e. The highest BCUT2D eigenvalue weighted by Gasteiger charge is 2.31. The van der Waals surface area contributed by atoms with Gasteiger partial charge >= 0.3 is 0 Å². The first kappa shape index (κ1) is 19.6. The van der Waals surface area contributed by atoms with Crippen molar-refractivity contribution in [1.29, 1.82) is 0 Å². The van der Waals surface area contributed by atoms with Crippen molar-refractivity contribution in [1.82, 2.24) is 0 Å². The van der Waals surface area contributed by atoms with E-state index in [0.717, 1.165) is 23.8 Å². The Morgan fingerprint density at radius 2 is 1.36 bits per heavy atom. The average molecular weight is 380 g/mol. The van der Waals surface area contributed by atoms with Crippen LogP contribution in [0.5, 0.6) is 11.5 Å². The molecule has 1 unspecified atom stereocenters. The lowest BCUT2D eigenvalue weighted by atomic mass is 9.70. The van der Waals surface area contributed by atoms with Crippen LogP contribution in [0.1, 0.15) is 82.1 Å². The van der Waals surface area contributed by atoms with Gasteiger partial charge in [0.05, 0.1) is 14.2 Å². The van der Waals surface area contributed by atoms with E-state index < -0.39 is 0 Å². The highest BCUT2D eigenvalue weighted by atomic mass is 16.5. The van der Waals surface area contributed by atoms with Crippen LogP contribution in [0.15, 0.2) is 35.4 Å². The minimum Gasteiger partial charge on any atom is -0.496 e. The van der Waals surface area contributed by atoms with Gasteiger partial charge in [-0.1, -0.05) is 50.7 Å². The van der Waals surface area contributed by atoms with E-state index in [2.05, 4.69) is 24.3 Å². The molecule has 2 fully saturated rings. The molecule has 28 heavy (non-hydrogen) atoms. The molecule has 151 valence electrons. The molecule has 0 aromatic heterocycles. The molecule has 0 amide bonds. The molecular formula is C26H35O2. The van der Waals surface area contributed by atoms with Gasteiger partial charge in [-0.15, -0.1) is 0 Å². The van der Waals surface area contributed by atoms with Crippen LogP contribution in [0, 0.1) is 17.9 Å². The van der Waals surface area contributed by atoms with Gasteiger partial charge in [0.2, 0.25) is 0 Å². The van der Waals surface area contributed by atoms with Crippen molar-refractivity contribution in [3.05, 3.63) is 47.1 Å². The topological polar surface area (TPSA) is 18.5 Å². The number of hydrogen-bond acceptors (Lipinski definition) is 2. The summed E-state index contributed by atoms with van der Waals surface area (Å²) in [5.41, 5.74) is 4.37. The van der Waals surface area contributed by atoms with Gasteiger partial charge in [0, 0.05) is 11.5 Å². The number of ether oxygens (including phenoxy) is 2. The number of hydrogen-bond donors (Lipinski definition) is 0. The average Bonchev–Trinajstić information content (AvgIpc) is 2.79. The maximum Gasteiger partial charge on any atom is 0.126 e. The van der Waals surface area contributed by atoms with Crippen LogP contribution >= 0.6 is 0 Å². The summed E-state index contributed by atoms with van der Waals surface area (Å²) in [6, 6.07) is 6.12. The summed E-state index contributed by atoms with van der Waals surface area (Å²) < 4.78 is 11.4. The Balaban J connectivity index is 1.69. The summed E-state index contributed by atoms with van der Waals surface area (Å²) in [5.74, 6) is 3.54. The van der Waals surface area contributed by atoms with Crippen LogP contribution in [0.3, 0.4) is 0 Å². The van der Waals surface area contributed by atoms with Gasteiger partial charge in [0.25, 0.3) is 0 Å². The Morgan fingerprint density at radius 1 is 0.786 bits per heavy atom. The van der Waals surface area contributed by atoms with Crippen LogP contribution in [-0.4, -0.2) is 14.2 Å². The molecule has 1 aromatic rings. The van der Waals surface area contributed by atoms with E-state index in [9.17, 15) is 0 Å². The minimum absolute atomic E-state index is 0.232. The highest BCUT2D eigenvalue weighted by molar-refractivity contribution is 5.51. The van der Waals surface area contributed by atoms with Crippen molar-refractivity contribution >= 4 is 0 Å². The first-order valence-electron chi connectivity index (χ1n) is 11.4. The second kappa shape index (κ2) is 9.20. The third kappa shape index (κ3) is 4.02. The maximum atomic E-state index is 5.71. The lowest BCUT2D eigenvalue weighted by Gasteiger charge is -2.35. The van der Waals surface area contributed by atoms with Gasteiger partial charge in [-0.3, -0.25) is 0 Å². The molecule has 0 heterocycles. The summed E-state index contributed by atoms with van der Waals surface area (Å²) in [5, 5.41) is 0. The SMILES string of the molecule is COc1cccc(OC)c1C1[C]=C(C2CCCCC2)C(C2CCCCC2)=CC1. The Bertz CT molecular complexity index is 696. The molecule has 1 aromatic carbocycles. The van der Waals surface area contributed by atoms with Crippen LogP contribution in [0.25, 0.3) is 0 Å². The standard InChI is InChI=1S/C26H35O2/c1-27-24-14-9-15-25(28-2)26(24)21-16-17-22(19-10-5-3-6-11-19)23(18-21)20-12-7-4-8-13-20/h9,14-15,17,19-21H,3-8,10-13,16H2,1-2H3. The van der Waals surface area contributed by atoms with Crippen molar-refractivity contribution in [2.24, 2.45) is 11.8 Å². The summed E-state index contributed by atoms with van der Waals surface area (Å²) in [7, 11) is 3.52. The van der Waals surface area contributed by atoms with Gasteiger partial charge in [0.1, 0.15) is 11.5 Å². The fourth-order valence-electron chi connectivity index (χ4n) is 5.64. The van der Waals surface area contributed by atoms with Gasteiger partial charge in [0.15, 0.2) is 0 Å². The number of allylic oxidation sites excluding steroid dienone is 4. The van der Waals surface area contributed by atoms with E-state index in [1.54, 1.807) is 25.4 Å². The molecular weight excluding hydrogens is 344 g/mol. The molecule has 4 rings (SSSR count). The molecule has 2 nitrogen and oxygen atoms in total. The highest BCUT2D eigenvalue weighted by Crippen LogP contribution is 2.47. The number of methoxy groups -OCH3 is 2. The Labute approximate surface area is 171 Å². The fraction of sp³-hybridized carbons (Fsp3) is 0.615. The zero-order chi connectivity index (χ0) is 19.3. The lowest BCUT2D eigenvalue weighted by Crippen LogP contribution is -2.21. The number of benzene rings is 1. The van der Waals surface area contributed by atoms with Crippen LogP contribution in [0.2, 0.25) is 0 Å². The molecule has 1 radical (unpaired) electrons. The minimum atomic E-state index is 0.232. The Morgan fingerprint density at radius 3 is 1.93 bits per heavy atom. The van der Waals surface area contributed by atoms with E-state index in [-0.39, 0.29) is 5.92 Å². The summed E-state index contributed by atoms with van der Waals surface area (Å²) in [4.78, 5) is 0. The molecule has 2 heteroatoms. The predicted octanol–water partition coefficient (Wildman–Crippen LogP) is 7.01. The largest absolute Gasteiger partial charge is 0.496 e. The Kier molecular flexibility index (Phi) is 6.44. The molecule has 0 saturated heterocycles. The lowest BCUT2D eigenvalue weighted by molar-refractivity contribution is 0.365. The van der Waals surface area contributed by atoms with Crippen LogP contribution in [-0.2, 0) is 0 Å². The third-order valence-electron chi connectivity index (χ3n) is 7.09. The summed E-state index contributed by atoms with van der Waals surface area (Å²) >= 11 is 0. The normalized spacial score (nSPS) is 24.4. The van der Waals surface area contributed by atoms with Crippen LogP contribution in [0.4, 0.5) is 0 Å². The first-order chi connectivity index (χ1) is 13.8. The molecule has 0 spiro atoms. The van der Waals surface area contributed by atoms with E-state index in [1.165, 1.54) is 69.8 Å². The van der Waals surface area contributed by atoms with Gasteiger partial charge in [-0.2, -0.15) is 0 Å². The molecule has 3 aliphatic rings. The molecule has 0 N–H and O–H groups in total. The zero-order valence-electron chi connectivity index (χ0n) is 17.6. The maximum absolute atomic E-state index is 5.71. The van der Waals surface area contributed by atoms with Crippen molar-refractivity contribution in [2.45, 2.75) is 76.5 Å². The molecule has 2 saturated carbocycles. The fourth-order valence-corrected chi connectivity index (χ4v) is 5.64. The second-order valence-corrected chi connectivity index (χ2v) is 8.75. The van der Waals surface area contributed by atoms with Crippen molar-refractivity contribution < 1.29 is 9.47 Å². The molecule has 1 atom stereocenters. The van der Waals surface area contributed by atoms with Crippen molar-refractivity contribution in [3.63, 3.8) is 0 Å². The first-order valence-corrected chi connectivity index (χ1v) is 11.4. The van der Waals surface area contributed by atoms with Gasteiger partial charge in [-0.25, -0.2) is 0 Å². The number of rotatable bonds is 5. The summed E-state index contributed by atoms with van der Waals surface area (Å²) in [6.45, 7) is 0. The van der Waals surface area contributed by atoms with Gasteiger partial charge < -0.3 is 9.47 Å². The molecule has 0 aliphatic heterocycles.